The van der Waals surface area contributed by atoms with Gasteiger partial charge in [-0.3, -0.25) is 19.3 Å². The molecule has 0 aliphatic carbocycles. The molecule has 10 heteroatoms. The molecule has 1 aromatic heterocycles. The molecule has 3 aromatic rings. The number of aromatic nitrogens is 2. The van der Waals surface area contributed by atoms with E-state index in [2.05, 4.69) is 10.3 Å². The topological polar surface area (TPSA) is 103 Å². The Labute approximate surface area is 240 Å². The van der Waals surface area contributed by atoms with Crippen molar-refractivity contribution in [1.29, 1.82) is 0 Å². The van der Waals surface area contributed by atoms with Gasteiger partial charge in [-0.25, -0.2) is 4.98 Å². The number of likely N-dealkylation sites (N-methyl/N-ethyl adjacent to an activating group) is 1. The summed E-state index contributed by atoms with van der Waals surface area (Å²) in [5.74, 6) is 0.200. The van der Waals surface area contributed by atoms with Crippen LogP contribution in [-0.2, 0) is 23.0 Å². The van der Waals surface area contributed by atoms with Gasteiger partial charge in [0.2, 0.25) is 0 Å². The lowest BCUT2D eigenvalue weighted by Crippen LogP contribution is -2.37. The molecule has 0 fully saturated rings. The van der Waals surface area contributed by atoms with Crippen molar-refractivity contribution in [3.8, 4) is 17.0 Å². The number of hydrogen-bond acceptors (Lipinski definition) is 7. The number of nitrogens with zero attached hydrogens (tertiary/aromatic N) is 3. The SMILES string of the molecule is CC(=O)c1nc(-c2ccc(C[C@@H](CCOC(=O)CN(C)C)NC(=O)c3ccc(OC(C)C)c(Cl)c3)cc2)cn1C. The predicted molar refractivity (Wildman–Crippen MR) is 155 cm³/mol. The molecule has 214 valence electrons. The van der Waals surface area contributed by atoms with Crippen LogP contribution in [0.25, 0.3) is 11.3 Å². The third-order valence-corrected chi connectivity index (χ3v) is 6.29. The maximum atomic E-state index is 13.1. The highest BCUT2D eigenvalue weighted by molar-refractivity contribution is 6.32. The van der Waals surface area contributed by atoms with E-state index < -0.39 is 0 Å². The lowest BCUT2D eigenvalue weighted by molar-refractivity contribution is -0.144. The van der Waals surface area contributed by atoms with Crippen LogP contribution in [0.5, 0.6) is 5.75 Å². The number of halogens is 1. The largest absolute Gasteiger partial charge is 0.489 e. The Morgan fingerprint density at radius 3 is 2.38 bits per heavy atom. The molecule has 0 bridgehead atoms. The summed E-state index contributed by atoms with van der Waals surface area (Å²) in [6.45, 7) is 5.64. The molecule has 0 saturated carbocycles. The van der Waals surface area contributed by atoms with E-state index in [1.165, 1.54) is 6.92 Å². The second kappa shape index (κ2) is 14.1. The molecule has 0 spiro atoms. The van der Waals surface area contributed by atoms with Crippen LogP contribution in [0.3, 0.4) is 0 Å². The summed E-state index contributed by atoms with van der Waals surface area (Å²) in [5.41, 5.74) is 2.97. The first-order chi connectivity index (χ1) is 18.9. The fourth-order valence-corrected chi connectivity index (χ4v) is 4.36. The molecule has 0 aliphatic rings. The Morgan fingerprint density at radius 2 is 1.80 bits per heavy atom. The van der Waals surface area contributed by atoms with Gasteiger partial charge in [-0.2, -0.15) is 0 Å². The lowest BCUT2D eigenvalue weighted by atomic mass is 10.0. The van der Waals surface area contributed by atoms with E-state index in [0.29, 0.717) is 40.7 Å². The minimum atomic E-state index is -0.327. The first-order valence-electron chi connectivity index (χ1n) is 13.1. The van der Waals surface area contributed by atoms with E-state index in [-0.39, 0.29) is 43.0 Å². The third-order valence-electron chi connectivity index (χ3n) is 5.99. The zero-order chi connectivity index (χ0) is 29.4. The molecule has 0 saturated heterocycles. The number of rotatable bonds is 13. The maximum absolute atomic E-state index is 13.1. The number of imidazole rings is 1. The van der Waals surface area contributed by atoms with E-state index in [1.54, 1.807) is 48.8 Å². The maximum Gasteiger partial charge on any atom is 0.320 e. The molecule has 0 radical (unpaired) electrons. The summed E-state index contributed by atoms with van der Waals surface area (Å²) in [7, 11) is 5.38. The van der Waals surface area contributed by atoms with Gasteiger partial charge in [-0.1, -0.05) is 35.9 Å². The highest BCUT2D eigenvalue weighted by Crippen LogP contribution is 2.27. The molecule has 1 heterocycles. The third kappa shape index (κ3) is 8.93. The van der Waals surface area contributed by atoms with Gasteiger partial charge in [-0.05, 0) is 58.1 Å². The number of ether oxygens (including phenoxy) is 2. The molecular weight excluding hydrogens is 532 g/mol. The van der Waals surface area contributed by atoms with Crippen LogP contribution in [-0.4, -0.2) is 71.5 Å². The van der Waals surface area contributed by atoms with Crippen LogP contribution < -0.4 is 10.1 Å². The van der Waals surface area contributed by atoms with E-state index in [0.717, 1.165) is 11.1 Å². The summed E-state index contributed by atoms with van der Waals surface area (Å²) >= 11 is 6.35. The van der Waals surface area contributed by atoms with Crippen molar-refractivity contribution in [2.24, 2.45) is 7.05 Å². The Kier molecular flexibility index (Phi) is 10.9. The lowest BCUT2D eigenvalue weighted by Gasteiger charge is -2.20. The van der Waals surface area contributed by atoms with Crippen molar-refractivity contribution in [3.05, 3.63) is 70.6 Å². The van der Waals surface area contributed by atoms with Crippen LogP contribution in [0.1, 0.15) is 53.7 Å². The van der Waals surface area contributed by atoms with Crippen molar-refractivity contribution in [2.45, 2.75) is 45.8 Å². The molecular formula is C30H37ClN4O5. The molecule has 9 nitrogen and oxygen atoms in total. The van der Waals surface area contributed by atoms with E-state index in [4.69, 9.17) is 21.1 Å². The van der Waals surface area contributed by atoms with Gasteiger partial charge in [0.25, 0.3) is 5.91 Å². The summed E-state index contributed by atoms with van der Waals surface area (Å²) in [6.07, 6.45) is 2.72. The highest BCUT2D eigenvalue weighted by atomic mass is 35.5. The smallest absolute Gasteiger partial charge is 0.320 e. The van der Waals surface area contributed by atoms with Crippen LogP contribution >= 0.6 is 11.6 Å². The second-order valence-electron chi connectivity index (χ2n) is 10.2. The summed E-state index contributed by atoms with van der Waals surface area (Å²) in [6, 6.07) is 12.4. The quantitative estimate of drug-likeness (QED) is 0.238. The van der Waals surface area contributed by atoms with Crippen molar-refractivity contribution in [3.63, 3.8) is 0 Å². The van der Waals surface area contributed by atoms with Gasteiger partial charge >= 0.3 is 5.97 Å². The molecule has 3 rings (SSSR count). The summed E-state index contributed by atoms with van der Waals surface area (Å²) in [4.78, 5) is 43.1. The minimum absolute atomic E-state index is 0.0444. The molecule has 1 N–H and O–H groups in total. The van der Waals surface area contributed by atoms with E-state index in [1.807, 2.05) is 44.3 Å². The number of Topliss-reactive ketones (excluding diaryl/α,β-unsaturated/α-hetero) is 1. The van der Waals surface area contributed by atoms with Crippen LogP contribution in [0.15, 0.2) is 48.7 Å². The average molecular weight is 569 g/mol. The van der Waals surface area contributed by atoms with Crippen LogP contribution in [0.2, 0.25) is 5.02 Å². The Bertz CT molecular complexity index is 1330. The van der Waals surface area contributed by atoms with Gasteiger partial charge in [0.1, 0.15) is 5.75 Å². The number of esters is 1. The number of carbonyl (C=O) groups excluding carboxylic acids is 3. The predicted octanol–water partition coefficient (Wildman–Crippen LogP) is 4.57. The fourth-order valence-electron chi connectivity index (χ4n) is 4.13. The molecule has 2 aromatic carbocycles. The van der Waals surface area contributed by atoms with Gasteiger partial charge in [0.05, 0.1) is 30.0 Å². The average Bonchev–Trinajstić information content (AvgIpc) is 3.26. The minimum Gasteiger partial charge on any atom is -0.489 e. The number of ketones is 1. The summed E-state index contributed by atoms with van der Waals surface area (Å²) in [5, 5.41) is 3.42. The summed E-state index contributed by atoms with van der Waals surface area (Å²) < 4.78 is 12.8. The number of aryl methyl sites for hydroxylation is 1. The molecule has 0 unspecified atom stereocenters. The van der Waals surface area contributed by atoms with Crippen LogP contribution in [0.4, 0.5) is 0 Å². The van der Waals surface area contributed by atoms with Gasteiger partial charge < -0.3 is 19.4 Å². The first kappa shape index (κ1) is 30.8. The molecule has 1 atom stereocenters. The normalized spacial score (nSPS) is 11.9. The molecule has 40 heavy (non-hydrogen) atoms. The number of benzene rings is 2. The van der Waals surface area contributed by atoms with Gasteiger partial charge in [0, 0.05) is 43.8 Å². The van der Waals surface area contributed by atoms with Gasteiger partial charge in [-0.15, -0.1) is 0 Å². The van der Waals surface area contributed by atoms with Crippen molar-refractivity contribution in [1.82, 2.24) is 19.8 Å². The first-order valence-corrected chi connectivity index (χ1v) is 13.5. The Hall–Kier alpha value is -3.69. The van der Waals surface area contributed by atoms with E-state index in [9.17, 15) is 14.4 Å². The Balaban J connectivity index is 1.73. The van der Waals surface area contributed by atoms with E-state index >= 15 is 0 Å². The number of amides is 1. The van der Waals surface area contributed by atoms with Crippen LogP contribution in [0, 0.1) is 0 Å². The number of carbonyl (C=O) groups is 3. The number of hydrogen-bond donors (Lipinski definition) is 1. The Morgan fingerprint density at radius 1 is 1.10 bits per heavy atom. The fraction of sp³-hybridized carbons (Fsp3) is 0.400. The zero-order valence-corrected chi connectivity index (χ0v) is 24.6. The molecule has 1 amide bonds. The van der Waals surface area contributed by atoms with Gasteiger partial charge in [0.15, 0.2) is 11.6 Å². The second-order valence-corrected chi connectivity index (χ2v) is 10.7. The monoisotopic (exact) mass is 568 g/mol. The zero-order valence-electron chi connectivity index (χ0n) is 23.9. The molecule has 0 aliphatic heterocycles. The number of nitrogens with one attached hydrogen (secondary N) is 1. The van der Waals surface area contributed by atoms with Crippen molar-refractivity contribution < 1.29 is 23.9 Å². The van der Waals surface area contributed by atoms with Crippen molar-refractivity contribution >= 4 is 29.3 Å². The van der Waals surface area contributed by atoms with Crippen molar-refractivity contribution in [2.75, 3.05) is 27.2 Å². The highest BCUT2D eigenvalue weighted by Gasteiger charge is 2.18. The standard InChI is InChI=1S/C30H37ClN4O5/c1-19(2)40-27-12-11-23(16-25(27)31)30(38)32-24(13-14-39-28(37)18-34(4)5)15-21-7-9-22(10-8-21)26-17-35(6)29(33-26)20(3)36/h7-12,16-17,19,24H,13-15,18H2,1-6H3,(H,32,38)/t24-/m1/s1.